The van der Waals surface area contributed by atoms with Crippen LogP contribution in [0, 0.1) is 0 Å². The zero-order valence-corrected chi connectivity index (χ0v) is 12.3. The molecule has 2 aromatic rings. The van der Waals surface area contributed by atoms with Crippen molar-refractivity contribution < 1.29 is 14.3 Å². The van der Waals surface area contributed by atoms with Gasteiger partial charge >= 0.3 is 0 Å². The summed E-state index contributed by atoms with van der Waals surface area (Å²) in [6, 6.07) is 14.7. The molecular formula is C16H13BrO3. The van der Waals surface area contributed by atoms with Gasteiger partial charge in [-0.1, -0.05) is 40.2 Å². The molecule has 3 nitrogen and oxygen atoms in total. The molecule has 102 valence electrons. The maximum Gasteiger partial charge on any atom is 0.193 e. The molecule has 20 heavy (non-hydrogen) atoms. The highest BCUT2D eigenvalue weighted by Gasteiger charge is 2.18. The molecule has 2 aromatic carbocycles. The number of hydrogen-bond acceptors (Lipinski definition) is 3. The van der Waals surface area contributed by atoms with Crippen LogP contribution in [0.1, 0.15) is 27.8 Å². The summed E-state index contributed by atoms with van der Waals surface area (Å²) in [7, 11) is 0. The summed E-state index contributed by atoms with van der Waals surface area (Å²) in [5.74, 6) is 0.0114. The molecule has 1 aliphatic heterocycles. The van der Waals surface area contributed by atoms with Gasteiger partial charge in [-0.2, -0.15) is 0 Å². The zero-order valence-electron chi connectivity index (χ0n) is 10.7. The van der Waals surface area contributed by atoms with Crippen LogP contribution in [0.4, 0.5) is 0 Å². The monoisotopic (exact) mass is 332 g/mol. The second-order valence-electron chi connectivity index (χ2n) is 4.53. The van der Waals surface area contributed by atoms with E-state index in [1.165, 1.54) is 0 Å². The first-order valence-corrected chi connectivity index (χ1v) is 7.17. The minimum Gasteiger partial charge on any atom is -0.346 e. The number of rotatable bonds is 3. The molecule has 0 bridgehead atoms. The van der Waals surface area contributed by atoms with E-state index in [4.69, 9.17) is 9.47 Å². The van der Waals surface area contributed by atoms with Crippen molar-refractivity contribution in [1.29, 1.82) is 0 Å². The van der Waals surface area contributed by atoms with Crippen LogP contribution in [0.2, 0.25) is 0 Å². The van der Waals surface area contributed by atoms with Crippen LogP contribution in [0.15, 0.2) is 53.0 Å². The standard InChI is InChI=1S/C16H13BrO3/c17-14-7-5-12(6-8-14)15(18)11-1-3-13(4-2-11)16-19-9-10-20-16/h1-8,16H,9-10H2. The number of ketones is 1. The summed E-state index contributed by atoms with van der Waals surface area (Å²) < 4.78 is 11.8. The third kappa shape index (κ3) is 2.82. The molecule has 1 heterocycles. The van der Waals surface area contributed by atoms with Gasteiger partial charge in [-0.25, -0.2) is 0 Å². The number of ether oxygens (including phenoxy) is 2. The third-order valence-corrected chi connectivity index (χ3v) is 3.70. The van der Waals surface area contributed by atoms with Crippen LogP contribution >= 0.6 is 15.9 Å². The van der Waals surface area contributed by atoms with Crippen molar-refractivity contribution in [2.45, 2.75) is 6.29 Å². The Hall–Kier alpha value is -1.49. The highest BCUT2D eigenvalue weighted by atomic mass is 79.9. The van der Waals surface area contributed by atoms with E-state index in [-0.39, 0.29) is 12.1 Å². The molecule has 0 radical (unpaired) electrons. The van der Waals surface area contributed by atoms with Gasteiger partial charge in [0.2, 0.25) is 0 Å². The highest BCUT2D eigenvalue weighted by molar-refractivity contribution is 9.10. The smallest absolute Gasteiger partial charge is 0.193 e. The van der Waals surface area contributed by atoms with Crippen molar-refractivity contribution in [3.63, 3.8) is 0 Å². The molecule has 0 aliphatic carbocycles. The lowest BCUT2D eigenvalue weighted by atomic mass is 10.0. The largest absolute Gasteiger partial charge is 0.346 e. The van der Waals surface area contributed by atoms with Crippen molar-refractivity contribution in [3.8, 4) is 0 Å². The highest BCUT2D eigenvalue weighted by Crippen LogP contribution is 2.24. The molecule has 0 unspecified atom stereocenters. The van der Waals surface area contributed by atoms with E-state index < -0.39 is 0 Å². The van der Waals surface area contributed by atoms with Crippen molar-refractivity contribution in [2.24, 2.45) is 0 Å². The molecule has 1 saturated heterocycles. The van der Waals surface area contributed by atoms with Crippen molar-refractivity contribution >= 4 is 21.7 Å². The van der Waals surface area contributed by atoms with Gasteiger partial charge in [0.1, 0.15) is 0 Å². The SMILES string of the molecule is O=C(c1ccc(Br)cc1)c1ccc(C2OCCO2)cc1. The normalized spacial score (nSPS) is 15.4. The fourth-order valence-electron chi connectivity index (χ4n) is 2.11. The Morgan fingerprint density at radius 1 is 0.900 bits per heavy atom. The Balaban J connectivity index is 1.80. The number of carbonyl (C=O) groups excluding carboxylic acids is 1. The minimum absolute atomic E-state index is 0.0114. The predicted molar refractivity (Wildman–Crippen MR) is 78.7 cm³/mol. The first-order chi connectivity index (χ1) is 9.74. The third-order valence-electron chi connectivity index (χ3n) is 3.17. The molecule has 0 spiro atoms. The molecule has 0 saturated carbocycles. The molecule has 0 amide bonds. The Morgan fingerprint density at radius 2 is 1.40 bits per heavy atom. The maximum atomic E-state index is 12.3. The topological polar surface area (TPSA) is 35.5 Å². The quantitative estimate of drug-likeness (QED) is 0.803. The van der Waals surface area contributed by atoms with Gasteiger partial charge < -0.3 is 9.47 Å². The first kappa shape index (κ1) is 13.5. The van der Waals surface area contributed by atoms with Crippen LogP contribution in [-0.2, 0) is 9.47 Å². The van der Waals surface area contributed by atoms with Crippen LogP contribution in [-0.4, -0.2) is 19.0 Å². The summed E-state index contributed by atoms with van der Waals surface area (Å²) in [6.07, 6.45) is -0.299. The summed E-state index contributed by atoms with van der Waals surface area (Å²) in [5.41, 5.74) is 2.28. The summed E-state index contributed by atoms with van der Waals surface area (Å²) in [6.45, 7) is 1.23. The van der Waals surface area contributed by atoms with Gasteiger partial charge in [0, 0.05) is 21.2 Å². The minimum atomic E-state index is -0.299. The number of halogens is 1. The van der Waals surface area contributed by atoms with Crippen molar-refractivity contribution in [1.82, 2.24) is 0 Å². The average Bonchev–Trinajstić information content (AvgIpc) is 3.02. The van der Waals surface area contributed by atoms with Gasteiger partial charge in [-0.05, 0) is 24.3 Å². The Labute approximate surface area is 125 Å². The second-order valence-corrected chi connectivity index (χ2v) is 5.45. The van der Waals surface area contributed by atoms with Gasteiger partial charge in [-0.15, -0.1) is 0 Å². The van der Waals surface area contributed by atoms with E-state index in [1.54, 1.807) is 0 Å². The number of benzene rings is 2. The Morgan fingerprint density at radius 3 is 1.95 bits per heavy atom. The van der Waals surface area contributed by atoms with Crippen LogP contribution in [0.5, 0.6) is 0 Å². The van der Waals surface area contributed by atoms with Gasteiger partial charge in [0.05, 0.1) is 13.2 Å². The molecular weight excluding hydrogens is 320 g/mol. The second kappa shape index (κ2) is 5.87. The molecule has 3 rings (SSSR count). The van der Waals surface area contributed by atoms with Crippen LogP contribution < -0.4 is 0 Å². The van der Waals surface area contributed by atoms with Crippen LogP contribution in [0.3, 0.4) is 0 Å². The van der Waals surface area contributed by atoms with E-state index in [2.05, 4.69) is 15.9 Å². The van der Waals surface area contributed by atoms with E-state index >= 15 is 0 Å². The number of carbonyl (C=O) groups is 1. The fourth-order valence-corrected chi connectivity index (χ4v) is 2.37. The van der Waals surface area contributed by atoms with E-state index in [1.807, 2.05) is 48.5 Å². The van der Waals surface area contributed by atoms with E-state index in [9.17, 15) is 4.79 Å². The maximum absolute atomic E-state index is 12.3. The molecule has 0 aromatic heterocycles. The molecule has 0 N–H and O–H groups in total. The summed E-state index contributed by atoms with van der Waals surface area (Å²) >= 11 is 3.36. The van der Waals surface area contributed by atoms with E-state index in [0.717, 1.165) is 10.0 Å². The van der Waals surface area contributed by atoms with E-state index in [0.29, 0.717) is 24.3 Å². The molecule has 4 heteroatoms. The Bertz CT molecular complexity index is 599. The zero-order chi connectivity index (χ0) is 13.9. The first-order valence-electron chi connectivity index (χ1n) is 6.37. The average molecular weight is 333 g/mol. The van der Waals surface area contributed by atoms with Gasteiger partial charge in [0.15, 0.2) is 12.1 Å². The Kier molecular flexibility index (Phi) is 3.96. The van der Waals surface area contributed by atoms with Gasteiger partial charge in [-0.3, -0.25) is 4.79 Å². The lowest BCUT2D eigenvalue weighted by Crippen LogP contribution is -2.03. The van der Waals surface area contributed by atoms with Crippen molar-refractivity contribution in [2.75, 3.05) is 13.2 Å². The van der Waals surface area contributed by atoms with Crippen molar-refractivity contribution in [3.05, 3.63) is 69.7 Å². The summed E-state index contributed by atoms with van der Waals surface area (Å²) in [5, 5.41) is 0. The molecule has 0 atom stereocenters. The fraction of sp³-hybridized carbons (Fsp3) is 0.188. The predicted octanol–water partition coefficient (Wildman–Crippen LogP) is 3.73. The number of hydrogen-bond donors (Lipinski definition) is 0. The van der Waals surface area contributed by atoms with Crippen LogP contribution in [0.25, 0.3) is 0 Å². The lowest BCUT2D eigenvalue weighted by Gasteiger charge is -2.09. The molecule has 1 aliphatic rings. The summed E-state index contributed by atoms with van der Waals surface area (Å²) in [4.78, 5) is 12.3. The molecule has 1 fully saturated rings. The lowest BCUT2D eigenvalue weighted by molar-refractivity contribution is -0.0441. The van der Waals surface area contributed by atoms with Gasteiger partial charge in [0.25, 0.3) is 0 Å².